The van der Waals surface area contributed by atoms with Gasteiger partial charge in [0, 0.05) is 0 Å². The van der Waals surface area contributed by atoms with Gasteiger partial charge in [0.25, 0.3) is 0 Å². The summed E-state index contributed by atoms with van der Waals surface area (Å²) in [6.45, 7) is 0.251. The molecule has 0 amide bonds. The Morgan fingerprint density at radius 3 is 1.65 bits per heavy atom. The Kier molecular flexibility index (Phi) is 4.95. The van der Waals surface area contributed by atoms with Crippen LogP contribution in [0.2, 0.25) is 0 Å². The molecule has 1 N–H and O–H groups in total. The largest absolute Gasteiger partial charge is 0.525 e. The van der Waals surface area contributed by atoms with Gasteiger partial charge in [-0.25, -0.2) is 9.53 Å². The third-order valence-electron chi connectivity index (χ3n) is 1.67. The van der Waals surface area contributed by atoms with Crippen LogP contribution >= 0.6 is 0 Å². The zero-order chi connectivity index (χ0) is 16.6. The Labute approximate surface area is 104 Å². The molecular weight excluding hydrogens is 319 g/mol. The summed E-state index contributed by atoms with van der Waals surface area (Å²) in [7, 11) is 0. The Hall–Kier alpha value is -1.24. The van der Waals surface area contributed by atoms with Crippen molar-refractivity contribution >= 4 is 5.97 Å². The molecular formula is C7H5F9O4. The number of carbonyl (C=O) groups is 1. The van der Waals surface area contributed by atoms with E-state index in [-0.39, 0.29) is 6.92 Å². The number of carboxylic acids is 1. The Balaban J connectivity index is 5.58. The highest BCUT2D eigenvalue weighted by Gasteiger charge is 2.78. The molecule has 0 aliphatic rings. The topological polar surface area (TPSA) is 55.8 Å². The first-order valence-electron chi connectivity index (χ1n) is 4.34. The number of aliphatic carboxylic acids is 1. The average Bonchev–Trinajstić information content (AvgIpc) is 2.11. The molecule has 2 unspecified atom stereocenters. The van der Waals surface area contributed by atoms with Crippen molar-refractivity contribution in [2.75, 3.05) is 0 Å². The van der Waals surface area contributed by atoms with Gasteiger partial charge in [-0.2, -0.15) is 26.3 Å². The van der Waals surface area contributed by atoms with Crippen molar-refractivity contribution in [3.05, 3.63) is 0 Å². The van der Waals surface area contributed by atoms with Gasteiger partial charge in [-0.3, -0.25) is 0 Å². The summed E-state index contributed by atoms with van der Waals surface area (Å²) in [5.41, 5.74) is 0. The van der Waals surface area contributed by atoms with Crippen LogP contribution in [-0.2, 0) is 14.3 Å². The first kappa shape index (κ1) is 18.8. The zero-order valence-corrected chi connectivity index (χ0v) is 9.15. The summed E-state index contributed by atoms with van der Waals surface area (Å²) in [4.78, 5) is 10.1. The van der Waals surface area contributed by atoms with Crippen molar-refractivity contribution < 1.29 is 58.9 Å². The van der Waals surface area contributed by atoms with Crippen molar-refractivity contribution in [3.8, 4) is 0 Å². The molecule has 0 aromatic rings. The van der Waals surface area contributed by atoms with Gasteiger partial charge in [0.2, 0.25) is 0 Å². The first-order chi connectivity index (χ1) is 8.53. The van der Waals surface area contributed by atoms with Crippen LogP contribution in [0.15, 0.2) is 0 Å². The van der Waals surface area contributed by atoms with Gasteiger partial charge in [-0.05, 0) is 6.92 Å². The van der Waals surface area contributed by atoms with Crippen LogP contribution in [0.25, 0.3) is 0 Å². The molecule has 4 nitrogen and oxygen atoms in total. The van der Waals surface area contributed by atoms with E-state index in [9.17, 15) is 44.3 Å². The van der Waals surface area contributed by atoms with Crippen molar-refractivity contribution in [2.24, 2.45) is 0 Å². The lowest BCUT2D eigenvalue weighted by molar-refractivity contribution is -0.521. The fourth-order valence-electron chi connectivity index (χ4n) is 0.790. The Morgan fingerprint density at radius 1 is 1.00 bits per heavy atom. The summed E-state index contributed by atoms with van der Waals surface area (Å²) in [5, 5.41) is 8.12. The van der Waals surface area contributed by atoms with E-state index in [0.717, 1.165) is 0 Å². The van der Waals surface area contributed by atoms with Crippen molar-refractivity contribution in [3.63, 3.8) is 0 Å². The average molecular weight is 324 g/mol. The summed E-state index contributed by atoms with van der Waals surface area (Å²) >= 11 is 0. The number of hydrogen-bond donors (Lipinski definition) is 1. The maximum atomic E-state index is 13.1. The maximum Gasteiger partial charge on any atom is 0.525 e. The lowest BCUT2D eigenvalue weighted by atomic mass is 10.2. The lowest BCUT2D eigenvalue weighted by Gasteiger charge is -2.34. The normalized spacial score (nSPS) is 18.5. The number of alkyl halides is 9. The van der Waals surface area contributed by atoms with E-state index in [4.69, 9.17) is 5.11 Å². The molecule has 0 bridgehead atoms. The zero-order valence-electron chi connectivity index (χ0n) is 9.15. The predicted octanol–water partition coefficient (Wildman–Crippen LogP) is 2.83. The van der Waals surface area contributed by atoms with E-state index < -0.39 is 36.6 Å². The highest BCUT2D eigenvalue weighted by Crippen LogP contribution is 2.49. The molecule has 20 heavy (non-hydrogen) atoms. The Bertz CT molecular complexity index is 362. The molecule has 120 valence electrons. The fraction of sp³-hybridized carbons (Fsp3) is 0.857. The maximum absolute atomic E-state index is 13.1. The van der Waals surface area contributed by atoms with E-state index in [1.807, 2.05) is 0 Å². The highest BCUT2D eigenvalue weighted by molar-refractivity contribution is 5.71. The molecule has 0 aromatic carbocycles. The second kappa shape index (κ2) is 5.27. The fourth-order valence-corrected chi connectivity index (χ4v) is 0.790. The van der Waals surface area contributed by atoms with Crippen molar-refractivity contribution in [2.45, 2.75) is 37.5 Å². The van der Waals surface area contributed by atoms with Crippen LogP contribution in [0.3, 0.4) is 0 Å². The summed E-state index contributed by atoms with van der Waals surface area (Å²) in [6, 6.07) is 0. The van der Waals surface area contributed by atoms with Crippen LogP contribution in [0.1, 0.15) is 6.92 Å². The second-order valence-electron chi connectivity index (χ2n) is 3.26. The van der Waals surface area contributed by atoms with Crippen molar-refractivity contribution in [1.82, 2.24) is 0 Å². The Morgan fingerprint density at radius 2 is 1.40 bits per heavy atom. The molecule has 2 atom stereocenters. The molecule has 0 aliphatic carbocycles. The monoisotopic (exact) mass is 324 g/mol. The quantitative estimate of drug-likeness (QED) is 0.790. The molecule has 13 heteroatoms. The van der Waals surface area contributed by atoms with Crippen LogP contribution < -0.4 is 0 Å². The molecule has 0 spiro atoms. The minimum Gasteiger partial charge on any atom is -0.479 e. The minimum atomic E-state index is -6.86. The van der Waals surface area contributed by atoms with E-state index >= 15 is 0 Å². The molecule has 0 rings (SSSR count). The van der Waals surface area contributed by atoms with Gasteiger partial charge in [-0.15, -0.1) is 13.2 Å². The number of ether oxygens (including phenoxy) is 2. The molecule has 0 aliphatic heterocycles. The standard InChI is InChI=1S/C7H5F9O4/c1-2(3(17)18)19-6(12,13)4(8,5(9,10)11)20-7(14,15)16/h2H,1H3,(H,17,18). The lowest BCUT2D eigenvalue weighted by Crippen LogP contribution is -2.61. The molecule has 0 fully saturated rings. The highest BCUT2D eigenvalue weighted by atomic mass is 19.4. The minimum absolute atomic E-state index is 0.251. The van der Waals surface area contributed by atoms with Crippen LogP contribution in [-0.4, -0.2) is 41.7 Å². The van der Waals surface area contributed by atoms with Crippen LogP contribution in [0.4, 0.5) is 39.5 Å². The van der Waals surface area contributed by atoms with Crippen LogP contribution in [0.5, 0.6) is 0 Å². The number of halogens is 9. The summed E-state index contributed by atoms with van der Waals surface area (Å²) < 4.78 is 115. The van der Waals surface area contributed by atoms with Gasteiger partial charge in [0.05, 0.1) is 0 Å². The first-order valence-corrected chi connectivity index (χ1v) is 4.34. The van der Waals surface area contributed by atoms with Crippen LogP contribution in [0, 0.1) is 0 Å². The predicted molar refractivity (Wildman–Crippen MR) is 40.2 cm³/mol. The third-order valence-corrected chi connectivity index (χ3v) is 1.67. The van der Waals surface area contributed by atoms with Crippen molar-refractivity contribution in [1.29, 1.82) is 0 Å². The number of carboxylic acid groups (broad SMARTS) is 1. The second-order valence-corrected chi connectivity index (χ2v) is 3.26. The summed E-state index contributed by atoms with van der Waals surface area (Å²) in [5.74, 6) is -8.87. The van der Waals surface area contributed by atoms with E-state index in [1.165, 1.54) is 0 Å². The third kappa shape index (κ3) is 4.13. The molecule has 0 heterocycles. The molecule has 0 aromatic heterocycles. The van der Waals surface area contributed by atoms with Gasteiger partial charge >= 0.3 is 30.5 Å². The van der Waals surface area contributed by atoms with Gasteiger partial charge in [0.15, 0.2) is 6.10 Å². The molecule has 0 saturated carbocycles. The molecule has 0 saturated heterocycles. The SMILES string of the molecule is CC(OC(F)(F)C(F)(OC(F)(F)F)C(F)(F)F)C(=O)O. The molecule has 0 radical (unpaired) electrons. The van der Waals surface area contributed by atoms with Gasteiger partial charge in [-0.1, -0.05) is 0 Å². The smallest absolute Gasteiger partial charge is 0.479 e. The number of hydrogen-bond acceptors (Lipinski definition) is 3. The van der Waals surface area contributed by atoms with E-state index in [2.05, 4.69) is 4.74 Å². The van der Waals surface area contributed by atoms with E-state index in [1.54, 1.807) is 4.74 Å². The van der Waals surface area contributed by atoms with E-state index in [0.29, 0.717) is 0 Å². The van der Waals surface area contributed by atoms with Gasteiger partial charge < -0.3 is 9.84 Å². The number of rotatable bonds is 5. The van der Waals surface area contributed by atoms with Gasteiger partial charge in [0.1, 0.15) is 0 Å². The summed E-state index contributed by atoms with van der Waals surface area (Å²) in [6.07, 6.45) is -22.3.